The van der Waals surface area contributed by atoms with Gasteiger partial charge in [-0.05, 0) is 18.2 Å². The summed E-state index contributed by atoms with van der Waals surface area (Å²) in [5, 5.41) is 11.5. The fourth-order valence-corrected chi connectivity index (χ4v) is 4.69. The maximum absolute atomic E-state index is 12.7. The maximum Gasteiger partial charge on any atom is 0.273 e. The van der Waals surface area contributed by atoms with E-state index in [-0.39, 0.29) is 10.6 Å². The van der Waals surface area contributed by atoms with E-state index in [1.807, 2.05) is 4.90 Å². The van der Waals surface area contributed by atoms with Crippen LogP contribution in [-0.4, -0.2) is 48.7 Å². The van der Waals surface area contributed by atoms with E-state index in [2.05, 4.69) is 0 Å². The van der Waals surface area contributed by atoms with E-state index in [1.165, 1.54) is 22.5 Å². The Labute approximate surface area is 157 Å². The molecule has 1 fully saturated rings. The molecule has 3 rings (SSSR count). The number of nitro benzene ring substituents is 1. The van der Waals surface area contributed by atoms with Crippen molar-refractivity contribution in [2.24, 2.45) is 0 Å². The number of hydrogen-bond acceptors (Lipinski definition) is 5. The lowest BCUT2D eigenvalue weighted by Gasteiger charge is -2.33. The first-order valence-corrected chi connectivity index (χ1v) is 9.90. The molecule has 0 aromatic heterocycles. The third-order valence-electron chi connectivity index (χ3n) is 4.35. The highest BCUT2D eigenvalue weighted by Crippen LogP contribution is 2.23. The quantitative estimate of drug-likeness (QED) is 0.574. The SMILES string of the molecule is O=[N+]([O-])c1ccccc1CN1CCN(S(=O)(=O)c2cccc(Cl)c2)CC1. The Morgan fingerprint density at radius 1 is 1.04 bits per heavy atom. The number of halogens is 1. The van der Waals surface area contributed by atoms with E-state index in [0.717, 1.165) is 0 Å². The second-order valence-electron chi connectivity index (χ2n) is 6.02. The second-order valence-corrected chi connectivity index (χ2v) is 8.40. The summed E-state index contributed by atoms with van der Waals surface area (Å²) in [6.07, 6.45) is 0. The molecule has 138 valence electrons. The number of rotatable bonds is 5. The predicted molar refractivity (Wildman–Crippen MR) is 98.6 cm³/mol. The summed E-state index contributed by atoms with van der Waals surface area (Å²) in [4.78, 5) is 12.9. The van der Waals surface area contributed by atoms with Gasteiger partial charge in [-0.3, -0.25) is 15.0 Å². The molecule has 7 nitrogen and oxygen atoms in total. The number of nitrogens with zero attached hydrogens (tertiary/aromatic N) is 3. The molecule has 1 aliphatic heterocycles. The number of piperazine rings is 1. The van der Waals surface area contributed by atoms with Gasteiger partial charge in [0, 0.05) is 49.4 Å². The van der Waals surface area contributed by atoms with Crippen LogP contribution in [0.4, 0.5) is 5.69 Å². The van der Waals surface area contributed by atoms with E-state index < -0.39 is 14.9 Å². The van der Waals surface area contributed by atoms with Gasteiger partial charge < -0.3 is 0 Å². The molecule has 9 heteroatoms. The third-order valence-corrected chi connectivity index (χ3v) is 6.48. The Balaban J connectivity index is 1.67. The topological polar surface area (TPSA) is 83.8 Å². The lowest BCUT2D eigenvalue weighted by molar-refractivity contribution is -0.385. The summed E-state index contributed by atoms with van der Waals surface area (Å²) in [5.41, 5.74) is 0.713. The largest absolute Gasteiger partial charge is 0.296 e. The van der Waals surface area contributed by atoms with Crippen molar-refractivity contribution in [3.05, 3.63) is 69.2 Å². The molecule has 0 aliphatic carbocycles. The number of benzene rings is 2. The molecule has 0 saturated carbocycles. The monoisotopic (exact) mass is 395 g/mol. The fourth-order valence-electron chi connectivity index (χ4n) is 2.97. The van der Waals surface area contributed by atoms with Crippen molar-refractivity contribution < 1.29 is 13.3 Å². The molecule has 0 amide bonds. The first-order valence-electron chi connectivity index (χ1n) is 8.08. The first kappa shape index (κ1) is 18.8. The molecule has 1 aliphatic rings. The van der Waals surface area contributed by atoms with Gasteiger partial charge in [-0.2, -0.15) is 4.31 Å². The van der Waals surface area contributed by atoms with E-state index in [0.29, 0.717) is 43.3 Å². The zero-order chi connectivity index (χ0) is 18.7. The number of hydrogen-bond donors (Lipinski definition) is 0. The van der Waals surface area contributed by atoms with Crippen molar-refractivity contribution in [3.8, 4) is 0 Å². The summed E-state index contributed by atoms with van der Waals surface area (Å²) >= 11 is 5.90. The normalized spacial score (nSPS) is 16.5. The highest BCUT2D eigenvalue weighted by Gasteiger charge is 2.29. The minimum Gasteiger partial charge on any atom is -0.296 e. The molecule has 2 aromatic carbocycles. The van der Waals surface area contributed by atoms with Gasteiger partial charge in [-0.15, -0.1) is 0 Å². The number of sulfonamides is 1. The molecule has 0 unspecified atom stereocenters. The molecular formula is C17H18ClN3O4S. The van der Waals surface area contributed by atoms with Crippen molar-refractivity contribution in [2.45, 2.75) is 11.4 Å². The van der Waals surface area contributed by atoms with Gasteiger partial charge in [0.15, 0.2) is 0 Å². The number of para-hydroxylation sites is 1. The molecular weight excluding hydrogens is 378 g/mol. The van der Waals surface area contributed by atoms with E-state index in [9.17, 15) is 18.5 Å². The summed E-state index contributed by atoms with van der Waals surface area (Å²) < 4.78 is 26.8. The van der Waals surface area contributed by atoms with Gasteiger partial charge >= 0.3 is 0 Å². The number of nitro groups is 1. The lowest BCUT2D eigenvalue weighted by Crippen LogP contribution is -2.48. The highest BCUT2D eigenvalue weighted by molar-refractivity contribution is 7.89. The minimum absolute atomic E-state index is 0.0847. The van der Waals surface area contributed by atoms with Crippen LogP contribution in [0.25, 0.3) is 0 Å². The van der Waals surface area contributed by atoms with Crippen molar-refractivity contribution in [1.29, 1.82) is 0 Å². The average Bonchev–Trinajstić information content (AvgIpc) is 2.62. The van der Waals surface area contributed by atoms with Crippen molar-refractivity contribution in [2.75, 3.05) is 26.2 Å². The average molecular weight is 396 g/mol. The van der Waals surface area contributed by atoms with Gasteiger partial charge in [0.2, 0.25) is 10.0 Å². The Morgan fingerprint density at radius 2 is 1.73 bits per heavy atom. The highest BCUT2D eigenvalue weighted by atomic mass is 35.5. The zero-order valence-electron chi connectivity index (χ0n) is 13.9. The summed E-state index contributed by atoms with van der Waals surface area (Å²) in [6.45, 7) is 2.09. The fraction of sp³-hybridized carbons (Fsp3) is 0.294. The summed E-state index contributed by atoms with van der Waals surface area (Å²) in [6, 6.07) is 12.8. The Kier molecular flexibility index (Phi) is 5.57. The second kappa shape index (κ2) is 7.71. The van der Waals surface area contributed by atoms with Crippen LogP contribution in [-0.2, 0) is 16.6 Å². The maximum atomic E-state index is 12.7. The summed E-state index contributed by atoms with van der Waals surface area (Å²) in [5.74, 6) is 0. The Bertz CT molecular complexity index is 912. The van der Waals surface area contributed by atoms with Gasteiger partial charge in [-0.25, -0.2) is 8.42 Å². The molecule has 0 radical (unpaired) electrons. The summed E-state index contributed by atoms with van der Waals surface area (Å²) in [7, 11) is -3.59. The molecule has 26 heavy (non-hydrogen) atoms. The van der Waals surface area contributed by atoms with Gasteiger partial charge in [0.05, 0.1) is 9.82 Å². The Morgan fingerprint density at radius 3 is 2.38 bits per heavy atom. The molecule has 0 N–H and O–H groups in total. The smallest absolute Gasteiger partial charge is 0.273 e. The van der Waals surface area contributed by atoms with Gasteiger partial charge in [0.1, 0.15) is 0 Å². The Hall–Kier alpha value is -2.00. The molecule has 1 saturated heterocycles. The minimum atomic E-state index is -3.59. The zero-order valence-corrected chi connectivity index (χ0v) is 15.5. The molecule has 0 atom stereocenters. The van der Waals surface area contributed by atoms with Crippen molar-refractivity contribution in [3.63, 3.8) is 0 Å². The van der Waals surface area contributed by atoms with E-state index >= 15 is 0 Å². The van der Waals surface area contributed by atoms with E-state index in [1.54, 1.807) is 30.3 Å². The molecule has 0 bridgehead atoms. The van der Waals surface area contributed by atoms with Gasteiger partial charge in [0.25, 0.3) is 5.69 Å². The van der Waals surface area contributed by atoms with Crippen LogP contribution < -0.4 is 0 Å². The van der Waals surface area contributed by atoms with Crippen LogP contribution in [0.1, 0.15) is 5.56 Å². The van der Waals surface area contributed by atoms with Crippen molar-refractivity contribution in [1.82, 2.24) is 9.21 Å². The van der Waals surface area contributed by atoms with Crippen LogP contribution in [0, 0.1) is 10.1 Å². The standard InChI is InChI=1S/C17H18ClN3O4S/c18-15-5-3-6-16(12-15)26(24,25)20-10-8-19(9-11-20)13-14-4-1-2-7-17(14)21(22)23/h1-7,12H,8-11,13H2. The predicted octanol–water partition coefficient (Wildman–Crippen LogP) is 2.75. The molecule has 1 heterocycles. The van der Waals surface area contributed by atoms with Crippen LogP contribution >= 0.6 is 11.6 Å². The molecule has 2 aromatic rings. The van der Waals surface area contributed by atoms with Crippen LogP contribution in [0.2, 0.25) is 5.02 Å². The lowest BCUT2D eigenvalue weighted by atomic mass is 10.1. The third kappa shape index (κ3) is 4.04. The van der Waals surface area contributed by atoms with E-state index in [4.69, 9.17) is 11.6 Å². The van der Waals surface area contributed by atoms with Crippen LogP contribution in [0.3, 0.4) is 0 Å². The van der Waals surface area contributed by atoms with Crippen molar-refractivity contribution >= 4 is 27.3 Å². The first-order chi connectivity index (χ1) is 12.4. The van der Waals surface area contributed by atoms with Crippen LogP contribution in [0.5, 0.6) is 0 Å². The molecule has 0 spiro atoms. The van der Waals surface area contributed by atoms with Gasteiger partial charge in [-0.1, -0.05) is 35.9 Å². The van der Waals surface area contributed by atoms with Crippen LogP contribution in [0.15, 0.2) is 53.4 Å².